The average molecular weight is 506 g/mol. The quantitative estimate of drug-likeness (QED) is 0.362. The van der Waals surface area contributed by atoms with Crippen molar-refractivity contribution in [2.45, 2.75) is 6.42 Å². The molecule has 1 amide bonds. The highest BCUT2D eigenvalue weighted by molar-refractivity contribution is 6.30. The molecule has 36 heavy (non-hydrogen) atoms. The molecule has 0 radical (unpaired) electrons. The molecule has 0 unspecified atom stereocenters. The van der Waals surface area contributed by atoms with E-state index in [1.807, 2.05) is 54.6 Å². The fraction of sp³-hybridized carbons (Fsp3) is 0.296. The molecule has 1 aliphatic heterocycles. The van der Waals surface area contributed by atoms with Crippen molar-refractivity contribution in [2.24, 2.45) is 0 Å². The lowest BCUT2D eigenvalue weighted by Crippen LogP contribution is -2.38. The number of methoxy groups -OCH3 is 1. The summed E-state index contributed by atoms with van der Waals surface area (Å²) in [6, 6.07) is 18.7. The molecule has 5 rings (SSSR count). The molecule has 1 fully saturated rings. The minimum absolute atomic E-state index is 0.203. The number of carbonyl (C=O) groups is 1. The fourth-order valence-electron chi connectivity index (χ4n) is 4.31. The number of morpholine rings is 1. The Morgan fingerprint density at radius 3 is 2.64 bits per heavy atom. The second-order valence-corrected chi connectivity index (χ2v) is 9.03. The van der Waals surface area contributed by atoms with E-state index in [9.17, 15) is 4.79 Å². The summed E-state index contributed by atoms with van der Waals surface area (Å²) in [4.78, 5) is 20.5. The number of aromatic nitrogens is 3. The second-order valence-electron chi connectivity index (χ2n) is 8.60. The van der Waals surface area contributed by atoms with Crippen molar-refractivity contribution in [3.63, 3.8) is 0 Å². The molecule has 2 aromatic heterocycles. The van der Waals surface area contributed by atoms with Crippen LogP contribution in [0.15, 0.2) is 60.7 Å². The van der Waals surface area contributed by atoms with Crippen LogP contribution in [0.3, 0.4) is 0 Å². The summed E-state index contributed by atoms with van der Waals surface area (Å²) < 4.78 is 12.5. The Hall–Kier alpha value is -3.46. The largest absolute Gasteiger partial charge is 0.496 e. The molecule has 0 aliphatic carbocycles. The first-order chi connectivity index (χ1) is 17.6. The van der Waals surface area contributed by atoms with Gasteiger partial charge in [-0.05, 0) is 43.3 Å². The summed E-state index contributed by atoms with van der Waals surface area (Å²) in [6.07, 6.45) is 0.856. The van der Waals surface area contributed by atoms with Crippen LogP contribution in [0.4, 0.5) is 0 Å². The lowest BCUT2D eigenvalue weighted by Gasteiger charge is -2.26. The van der Waals surface area contributed by atoms with Crippen molar-refractivity contribution in [3.8, 4) is 28.3 Å². The average Bonchev–Trinajstić information content (AvgIpc) is 3.35. The SMILES string of the molecule is COc1ccccc1-c1cc(C(=O)NCCCN2CCOCC2)n2nc(-c3ccc(Cl)cc3)cc2n1. The van der Waals surface area contributed by atoms with Crippen molar-refractivity contribution in [2.75, 3.05) is 46.5 Å². The molecule has 3 heterocycles. The third-order valence-corrected chi connectivity index (χ3v) is 6.48. The zero-order valence-electron chi connectivity index (χ0n) is 20.1. The highest BCUT2D eigenvalue weighted by Crippen LogP contribution is 2.30. The van der Waals surface area contributed by atoms with Crippen LogP contribution >= 0.6 is 11.6 Å². The van der Waals surface area contributed by atoms with E-state index >= 15 is 0 Å². The monoisotopic (exact) mass is 505 g/mol. The van der Waals surface area contributed by atoms with Crippen molar-refractivity contribution in [1.82, 2.24) is 24.8 Å². The minimum atomic E-state index is -0.203. The van der Waals surface area contributed by atoms with Gasteiger partial charge in [-0.2, -0.15) is 5.10 Å². The molecule has 0 atom stereocenters. The van der Waals surface area contributed by atoms with E-state index in [1.165, 1.54) is 0 Å². The predicted octanol–water partition coefficient (Wildman–Crippen LogP) is 4.18. The molecule has 0 saturated carbocycles. The zero-order chi connectivity index (χ0) is 24.9. The van der Waals surface area contributed by atoms with Crippen molar-refractivity contribution >= 4 is 23.2 Å². The normalized spacial score (nSPS) is 14.2. The number of amides is 1. The molecular formula is C27H28ClN5O3. The Kier molecular flexibility index (Phi) is 7.46. The van der Waals surface area contributed by atoms with Crippen LogP contribution in [-0.2, 0) is 4.74 Å². The first-order valence-electron chi connectivity index (χ1n) is 12.0. The Morgan fingerprint density at radius 1 is 1.08 bits per heavy atom. The van der Waals surface area contributed by atoms with Gasteiger partial charge in [-0.25, -0.2) is 9.50 Å². The van der Waals surface area contributed by atoms with Gasteiger partial charge in [-0.3, -0.25) is 9.69 Å². The molecule has 1 saturated heterocycles. The summed E-state index contributed by atoms with van der Waals surface area (Å²) >= 11 is 6.06. The molecule has 1 N–H and O–H groups in total. The molecular weight excluding hydrogens is 478 g/mol. The number of nitrogens with one attached hydrogen (secondary N) is 1. The van der Waals surface area contributed by atoms with Gasteiger partial charge in [-0.1, -0.05) is 35.9 Å². The van der Waals surface area contributed by atoms with Gasteiger partial charge in [0.05, 0.1) is 31.7 Å². The lowest BCUT2D eigenvalue weighted by molar-refractivity contribution is 0.0374. The number of benzene rings is 2. The van der Waals surface area contributed by atoms with Crippen LogP contribution < -0.4 is 10.1 Å². The van der Waals surface area contributed by atoms with Crippen LogP contribution in [0.5, 0.6) is 5.75 Å². The number of fused-ring (bicyclic) bond motifs is 1. The lowest BCUT2D eigenvalue weighted by atomic mass is 10.1. The highest BCUT2D eigenvalue weighted by Gasteiger charge is 2.19. The van der Waals surface area contributed by atoms with E-state index in [0.717, 1.165) is 50.4 Å². The van der Waals surface area contributed by atoms with Crippen molar-refractivity contribution in [1.29, 1.82) is 0 Å². The maximum absolute atomic E-state index is 13.4. The van der Waals surface area contributed by atoms with E-state index in [1.54, 1.807) is 17.7 Å². The van der Waals surface area contributed by atoms with E-state index in [2.05, 4.69) is 10.2 Å². The molecule has 1 aliphatic rings. The van der Waals surface area contributed by atoms with Gasteiger partial charge in [0.2, 0.25) is 0 Å². The molecule has 186 valence electrons. The Labute approximate surface area is 214 Å². The number of nitrogens with zero attached hydrogens (tertiary/aromatic N) is 4. The second kappa shape index (κ2) is 11.1. The third kappa shape index (κ3) is 5.36. The van der Waals surface area contributed by atoms with Crippen LogP contribution in [0, 0.1) is 0 Å². The maximum atomic E-state index is 13.4. The van der Waals surface area contributed by atoms with Crippen LogP contribution in [0.1, 0.15) is 16.9 Å². The Morgan fingerprint density at radius 2 is 1.86 bits per heavy atom. The molecule has 0 bridgehead atoms. The topological polar surface area (TPSA) is 81.0 Å². The first-order valence-corrected chi connectivity index (χ1v) is 12.4. The number of hydrogen-bond acceptors (Lipinski definition) is 6. The van der Waals surface area contributed by atoms with Crippen LogP contribution in [0.2, 0.25) is 5.02 Å². The van der Waals surface area contributed by atoms with Crippen LogP contribution in [-0.4, -0.2) is 71.9 Å². The summed E-state index contributed by atoms with van der Waals surface area (Å²) in [6.45, 7) is 4.88. The van der Waals surface area contributed by atoms with E-state index in [-0.39, 0.29) is 5.91 Å². The summed E-state index contributed by atoms with van der Waals surface area (Å²) in [5, 5.41) is 8.42. The van der Waals surface area contributed by atoms with Gasteiger partial charge >= 0.3 is 0 Å². The predicted molar refractivity (Wildman–Crippen MR) is 140 cm³/mol. The summed E-state index contributed by atoms with van der Waals surface area (Å²) in [5.74, 6) is 0.481. The van der Waals surface area contributed by atoms with E-state index in [0.29, 0.717) is 40.0 Å². The standard InChI is InChI=1S/C27H28ClN5O3/c1-35-25-6-3-2-5-21(25)23-17-24(27(34)29-11-4-12-32-13-15-36-16-14-32)33-26(30-23)18-22(31-33)19-7-9-20(28)10-8-19/h2-3,5-10,17-18H,4,11-16H2,1H3,(H,29,34). The molecule has 0 spiro atoms. The minimum Gasteiger partial charge on any atom is -0.496 e. The van der Waals surface area contributed by atoms with Gasteiger partial charge in [0.25, 0.3) is 5.91 Å². The number of ether oxygens (including phenoxy) is 2. The van der Waals surface area contributed by atoms with Gasteiger partial charge in [0.1, 0.15) is 11.4 Å². The van der Waals surface area contributed by atoms with Crippen molar-refractivity contribution < 1.29 is 14.3 Å². The highest BCUT2D eigenvalue weighted by atomic mass is 35.5. The number of hydrogen-bond donors (Lipinski definition) is 1. The van der Waals surface area contributed by atoms with Gasteiger partial charge in [0, 0.05) is 41.9 Å². The third-order valence-electron chi connectivity index (χ3n) is 6.22. The zero-order valence-corrected chi connectivity index (χ0v) is 20.9. The van der Waals surface area contributed by atoms with Crippen LogP contribution in [0.25, 0.3) is 28.2 Å². The number of rotatable bonds is 8. The fourth-order valence-corrected chi connectivity index (χ4v) is 4.44. The Balaban J connectivity index is 1.45. The smallest absolute Gasteiger partial charge is 0.270 e. The van der Waals surface area contributed by atoms with Gasteiger partial charge in [0.15, 0.2) is 5.65 Å². The van der Waals surface area contributed by atoms with Gasteiger partial charge in [-0.15, -0.1) is 0 Å². The maximum Gasteiger partial charge on any atom is 0.270 e. The Bertz CT molecular complexity index is 1350. The molecule has 8 nitrogen and oxygen atoms in total. The summed E-state index contributed by atoms with van der Waals surface area (Å²) in [7, 11) is 1.62. The number of carbonyl (C=O) groups excluding carboxylic acids is 1. The molecule has 2 aromatic carbocycles. The number of para-hydroxylation sites is 1. The molecule has 9 heteroatoms. The van der Waals surface area contributed by atoms with Gasteiger partial charge < -0.3 is 14.8 Å². The van der Waals surface area contributed by atoms with Crippen molar-refractivity contribution in [3.05, 3.63) is 71.4 Å². The first kappa shape index (κ1) is 24.2. The number of halogens is 1. The van der Waals surface area contributed by atoms with E-state index in [4.69, 9.17) is 31.2 Å². The summed E-state index contributed by atoms with van der Waals surface area (Å²) in [5.41, 5.74) is 4.02. The van der Waals surface area contributed by atoms with E-state index < -0.39 is 0 Å². The molecule has 4 aromatic rings.